The van der Waals surface area contributed by atoms with Crippen LogP contribution in [0.3, 0.4) is 0 Å². The van der Waals surface area contributed by atoms with Gasteiger partial charge in [-0.3, -0.25) is 0 Å². The Kier molecular flexibility index (Phi) is 5.01. The molecule has 1 aromatic rings. The number of halogens is 1. The molecule has 17 heavy (non-hydrogen) atoms. The average molecular weight is 238 g/mol. The van der Waals surface area contributed by atoms with Gasteiger partial charge in [0, 0.05) is 6.07 Å². The highest BCUT2D eigenvalue weighted by molar-refractivity contribution is 5.44. The van der Waals surface area contributed by atoms with Crippen molar-refractivity contribution >= 4 is 0 Å². The molecule has 1 rings (SSSR count). The molecule has 0 aliphatic heterocycles. The first-order valence-electron chi connectivity index (χ1n) is 5.70. The summed E-state index contributed by atoms with van der Waals surface area (Å²) in [7, 11) is 3.05. The van der Waals surface area contributed by atoms with E-state index in [1.165, 1.54) is 13.2 Å². The van der Waals surface area contributed by atoms with E-state index < -0.39 is 0 Å². The molecule has 3 heteroatoms. The Morgan fingerprint density at radius 1 is 1.29 bits per heavy atom. The first kappa shape index (κ1) is 13.6. The second-order valence-corrected chi connectivity index (χ2v) is 3.86. The summed E-state index contributed by atoms with van der Waals surface area (Å²) in [6.07, 6.45) is 3.42. The minimum absolute atomic E-state index is 0.132. The molecule has 0 heterocycles. The number of hydrogen-bond donors (Lipinski definition) is 0. The van der Waals surface area contributed by atoms with Crippen molar-refractivity contribution in [2.24, 2.45) is 0 Å². The molecule has 1 aromatic carbocycles. The van der Waals surface area contributed by atoms with Gasteiger partial charge in [0.15, 0.2) is 11.5 Å². The summed E-state index contributed by atoms with van der Waals surface area (Å²) < 4.78 is 24.2. The maximum absolute atomic E-state index is 13.9. The maximum Gasteiger partial charge on any atom is 0.163 e. The molecule has 2 nitrogen and oxygen atoms in total. The fourth-order valence-corrected chi connectivity index (χ4v) is 1.90. The number of benzene rings is 1. The van der Waals surface area contributed by atoms with Crippen LogP contribution in [0.2, 0.25) is 0 Å². The van der Waals surface area contributed by atoms with Crippen LogP contribution >= 0.6 is 0 Å². The molecule has 0 aliphatic rings. The largest absolute Gasteiger partial charge is 0.493 e. The smallest absolute Gasteiger partial charge is 0.163 e. The van der Waals surface area contributed by atoms with Crippen molar-refractivity contribution in [2.45, 2.75) is 25.7 Å². The zero-order valence-electron chi connectivity index (χ0n) is 10.6. The third-order valence-electron chi connectivity index (χ3n) is 2.89. The first-order valence-corrected chi connectivity index (χ1v) is 5.70. The van der Waals surface area contributed by atoms with E-state index in [2.05, 4.69) is 6.58 Å². The Bertz CT molecular complexity index is 388. The van der Waals surface area contributed by atoms with Crippen LogP contribution in [0.15, 0.2) is 24.8 Å². The summed E-state index contributed by atoms with van der Waals surface area (Å²) in [5.74, 6) is 0.859. The van der Waals surface area contributed by atoms with Crippen LogP contribution in [0, 0.1) is 5.82 Å². The molecule has 1 atom stereocenters. The van der Waals surface area contributed by atoms with E-state index in [0.29, 0.717) is 17.1 Å². The van der Waals surface area contributed by atoms with Crippen LogP contribution in [0.25, 0.3) is 0 Å². The van der Waals surface area contributed by atoms with E-state index in [1.54, 1.807) is 13.2 Å². The molecule has 0 aliphatic carbocycles. The third-order valence-corrected chi connectivity index (χ3v) is 2.89. The number of hydrogen-bond acceptors (Lipinski definition) is 2. The van der Waals surface area contributed by atoms with Gasteiger partial charge in [0.25, 0.3) is 0 Å². The summed E-state index contributed by atoms with van der Waals surface area (Å²) in [5, 5.41) is 0. The molecule has 0 amide bonds. The van der Waals surface area contributed by atoms with E-state index in [0.717, 1.165) is 12.8 Å². The van der Waals surface area contributed by atoms with Gasteiger partial charge in [0.05, 0.1) is 14.2 Å². The number of allylic oxidation sites excluding steroid dienone is 1. The van der Waals surface area contributed by atoms with E-state index in [1.807, 2.05) is 13.0 Å². The van der Waals surface area contributed by atoms with Gasteiger partial charge < -0.3 is 9.47 Å². The molecule has 0 fully saturated rings. The molecule has 0 saturated heterocycles. The Balaban J connectivity index is 3.18. The van der Waals surface area contributed by atoms with Crippen molar-refractivity contribution in [3.63, 3.8) is 0 Å². The molecule has 0 aromatic heterocycles. The number of ether oxygens (including phenoxy) is 2. The summed E-state index contributed by atoms with van der Waals surface area (Å²) in [5.41, 5.74) is 0.657. The van der Waals surface area contributed by atoms with Gasteiger partial charge in [-0.1, -0.05) is 13.0 Å². The number of rotatable bonds is 6. The molecular formula is C14H19FO2. The Labute approximate surface area is 102 Å². The molecule has 0 saturated carbocycles. The van der Waals surface area contributed by atoms with E-state index in [-0.39, 0.29) is 11.7 Å². The lowest BCUT2D eigenvalue weighted by atomic mass is 9.92. The lowest BCUT2D eigenvalue weighted by Crippen LogP contribution is -2.02. The molecular weight excluding hydrogens is 219 g/mol. The Morgan fingerprint density at radius 2 is 1.88 bits per heavy atom. The molecule has 0 bridgehead atoms. The predicted molar refractivity (Wildman–Crippen MR) is 67.4 cm³/mol. The van der Waals surface area contributed by atoms with E-state index in [4.69, 9.17) is 9.47 Å². The SMILES string of the molecule is C=CCC(CC)c1cc(OC)c(OC)cc1F. The summed E-state index contributed by atoms with van der Waals surface area (Å²) in [4.78, 5) is 0. The van der Waals surface area contributed by atoms with Gasteiger partial charge in [-0.15, -0.1) is 6.58 Å². The van der Waals surface area contributed by atoms with Crippen molar-refractivity contribution in [3.05, 3.63) is 36.2 Å². The fraction of sp³-hybridized carbons (Fsp3) is 0.429. The second kappa shape index (κ2) is 6.28. The summed E-state index contributed by atoms with van der Waals surface area (Å²) in [6.45, 7) is 5.73. The van der Waals surface area contributed by atoms with Gasteiger partial charge >= 0.3 is 0 Å². The number of methoxy groups -OCH3 is 2. The predicted octanol–water partition coefficient (Wildman–Crippen LogP) is 3.91. The Morgan fingerprint density at radius 3 is 2.35 bits per heavy atom. The zero-order chi connectivity index (χ0) is 12.8. The van der Waals surface area contributed by atoms with Crippen LogP contribution in [0.4, 0.5) is 4.39 Å². The highest BCUT2D eigenvalue weighted by atomic mass is 19.1. The highest BCUT2D eigenvalue weighted by Gasteiger charge is 2.17. The first-order chi connectivity index (χ1) is 8.17. The van der Waals surface area contributed by atoms with Crippen LogP contribution in [0.1, 0.15) is 31.2 Å². The lowest BCUT2D eigenvalue weighted by Gasteiger charge is -2.17. The molecule has 94 valence electrons. The minimum Gasteiger partial charge on any atom is -0.493 e. The van der Waals surface area contributed by atoms with Crippen molar-refractivity contribution in [2.75, 3.05) is 14.2 Å². The van der Waals surface area contributed by atoms with Crippen LogP contribution in [-0.4, -0.2) is 14.2 Å². The molecule has 1 unspecified atom stereocenters. The summed E-state index contributed by atoms with van der Waals surface area (Å²) in [6, 6.07) is 3.09. The van der Waals surface area contributed by atoms with Crippen molar-refractivity contribution in [3.8, 4) is 11.5 Å². The van der Waals surface area contributed by atoms with Gasteiger partial charge in [-0.05, 0) is 30.4 Å². The van der Waals surface area contributed by atoms with Crippen LogP contribution in [0.5, 0.6) is 11.5 Å². The van der Waals surface area contributed by atoms with Crippen molar-refractivity contribution in [1.82, 2.24) is 0 Å². The van der Waals surface area contributed by atoms with Crippen LogP contribution in [-0.2, 0) is 0 Å². The quantitative estimate of drug-likeness (QED) is 0.699. The Hall–Kier alpha value is -1.51. The zero-order valence-corrected chi connectivity index (χ0v) is 10.6. The van der Waals surface area contributed by atoms with Gasteiger partial charge in [-0.25, -0.2) is 4.39 Å². The highest BCUT2D eigenvalue weighted by Crippen LogP contribution is 2.35. The third kappa shape index (κ3) is 2.99. The van der Waals surface area contributed by atoms with Crippen molar-refractivity contribution in [1.29, 1.82) is 0 Å². The average Bonchev–Trinajstić information content (AvgIpc) is 2.36. The van der Waals surface area contributed by atoms with Gasteiger partial charge in [0.2, 0.25) is 0 Å². The minimum atomic E-state index is -0.253. The topological polar surface area (TPSA) is 18.5 Å². The standard InChI is InChI=1S/C14H19FO2/c1-5-7-10(6-2)11-8-13(16-3)14(17-4)9-12(11)15/h5,8-10H,1,6-7H2,2-4H3. The second-order valence-electron chi connectivity index (χ2n) is 3.86. The van der Waals surface area contributed by atoms with E-state index >= 15 is 0 Å². The van der Waals surface area contributed by atoms with Crippen LogP contribution < -0.4 is 9.47 Å². The molecule has 0 spiro atoms. The molecule has 0 N–H and O–H groups in total. The van der Waals surface area contributed by atoms with Crippen molar-refractivity contribution < 1.29 is 13.9 Å². The van der Waals surface area contributed by atoms with E-state index in [9.17, 15) is 4.39 Å². The van der Waals surface area contributed by atoms with Gasteiger partial charge in [-0.2, -0.15) is 0 Å². The normalized spacial score (nSPS) is 12.0. The fourth-order valence-electron chi connectivity index (χ4n) is 1.90. The van der Waals surface area contributed by atoms with Gasteiger partial charge in [0.1, 0.15) is 5.82 Å². The summed E-state index contributed by atoms with van der Waals surface area (Å²) >= 11 is 0. The monoisotopic (exact) mass is 238 g/mol. The molecule has 0 radical (unpaired) electrons. The maximum atomic E-state index is 13.9. The lowest BCUT2D eigenvalue weighted by molar-refractivity contribution is 0.350.